The van der Waals surface area contributed by atoms with Crippen LogP contribution in [0.25, 0.3) is 0 Å². The molecule has 3 aliphatic rings. The zero-order chi connectivity index (χ0) is 22.2. The van der Waals surface area contributed by atoms with Crippen molar-refractivity contribution in [2.24, 2.45) is 23.7 Å². The van der Waals surface area contributed by atoms with E-state index in [0.717, 1.165) is 37.5 Å². The highest BCUT2D eigenvalue weighted by Crippen LogP contribution is 2.59. The van der Waals surface area contributed by atoms with Crippen molar-refractivity contribution in [1.82, 2.24) is 10.2 Å². The van der Waals surface area contributed by atoms with Crippen molar-refractivity contribution in [3.63, 3.8) is 0 Å². The van der Waals surface area contributed by atoms with Gasteiger partial charge in [-0.25, -0.2) is 0 Å². The van der Waals surface area contributed by atoms with Crippen molar-refractivity contribution in [1.29, 1.82) is 0 Å². The highest BCUT2D eigenvalue weighted by Gasteiger charge is 2.60. The molecule has 1 saturated carbocycles. The van der Waals surface area contributed by atoms with Gasteiger partial charge in [0.15, 0.2) is 0 Å². The molecule has 0 aromatic heterocycles. The minimum absolute atomic E-state index is 0.00851. The quantitative estimate of drug-likeness (QED) is 0.550. The van der Waals surface area contributed by atoms with E-state index in [-0.39, 0.29) is 11.3 Å². The number of hydrogen-bond acceptors (Lipinski definition) is 4. The second-order valence-corrected chi connectivity index (χ2v) is 10.3. The summed E-state index contributed by atoms with van der Waals surface area (Å²) in [6.07, 6.45) is 9.56. The minimum atomic E-state index is -0.00851. The van der Waals surface area contributed by atoms with Crippen LogP contribution in [-0.2, 0) is 11.8 Å². The summed E-state index contributed by atoms with van der Waals surface area (Å²) in [5.41, 5.74) is 2.92. The van der Waals surface area contributed by atoms with E-state index < -0.39 is 0 Å². The van der Waals surface area contributed by atoms with Gasteiger partial charge in [0, 0.05) is 36.5 Å². The van der Waals surface area contributed by atoms with E-state index in [2.05, 4.69) is 62.3 Å². The van der Waals surface area contributed by atoms with Gasteiger partial charge < -0.3 is 15.2 Å². The summed E-state index contributed by atoms with van der Waals surface area (Å²) >= 11 is 0. The highest BCUT2D eigenvalue weighted by atomic mass is 16.5. The van der Waals surface area contributed by atoms with E-state index in [9.17, 15) is 5.11 Å². The molecule has 1 aromatic carbocycles. The first-order chi connectivity index (χ1) is 15.0. The molecule has 0 radical (unpaired) electrons. The molecular weight excluding hydrogens is 384 g/mol. The van der Waals surface area contributed by atoms with E-state index in [1.165, 1.54) is 36.8 Å². The van der Waals surface area contributed by atoms with Gasteiger partial charge in [0.2, 0.25) is 0 Å². The Morgan fingerprint density at radius 2 is 2.10 bits per heavy atom. The lowest BCUT2D eigenvalue weighted by atomic mass is 9.53. The number of benzene rings is 1. The van der Waals surface area contributed by atoms with Crippen LogP contribution < -0.4 is 10.1 Å². The summed E-state index contributed by atoms with van der Waals surface area (Å²) < 4.78 is 5.69. The lowest BCUT2D eigenvalue weighted by molar-refractivity contribution is -0.0278. The van der Waals surface area contributed by atoms with E-state index in [1.54, 1.807) is 7.11 Å². The number of piperidine rings is 1. The van der Waals surface area contributed by atoms with E-state index in [1.807, 2.05) is 0 Å². The highest BCUT2D eigenvalue weighted by molar-refractivity contribution is 5.49. The Hall–Kier alpha value is -1.52. The van der Waals surface area contributed by atoms with Gasteiger partial charge in [-0.1, -0.05) is 26.3 Å². The maximum Gasteiger partial charge on any atom is 0.119 e. The Morgan fingerprint density at radius 3 is 2.71 bits per heavy atom. The first-order valence-electron chi connectivity index (χ1n) is 12.4. The number of ether oxygens (including phenoxy) is 1. The van der Waals surface area contributed by atoms with Crippen LogP contribution >= 0.6 is 0 Å². The molecule has 172 valence electrons. The Labute approximate surface area is 189 Å². The van der Waals surface area contributed by atoms with Crippen LogP contribution in [0.4, 0.5) is 0 Å². The molecule has 1 saturated heterocycles. The van der Waals surface area contributed by atoms with Gasteiger partial charge in [0.25, 0.3) is 0 Å². The smallest absolute Gasteiger partial charge is 0.119 e. The number of aliphatic hydroxyl groups excluding tert-OH is 1. The van der Waals surface area contributed by atoms with Gasteiger partial charge >= 0.3 is 0 Å². The van der Waals surface area contributed by atoms with Gasteiger partial charge in [0.05, 0.1) is 13.4 Å². The van der Waals surface area contributed by atoms with Gasteiger partial charge in [-0.3, -0.25) is 4.90 Å². The van der Waals surface area contributed by atoms with Crippen molar-refractivity contribution in [3.05, 3.63) is 41.7 Å². The number of hydrogen-bond donors (Lipinski definition) is 2. The molecular formula is C27H42N2O2. The number of likely N-dealkylation sites (tertiary alicyclic amines) is 1. The molecule has 1 aromatic rings. The fraction of sp³-hybridized carbons (Fsp3) is 0.704. The Balaban J connectivity index is 1.85. The third kappa shape index (κ3) is 3.80. The molecule has 6 unspecified atom stereocenters. The van der Waals surface area contributed by atoms with Crippen molar-refractivity contribution in [3.8, 4) is 5.75 Å². The van der Waals surface area contributed by atoms with E-state index in [0.29, 0.717) is 23.9 Å². The summed E-state index contributed by atoms with van der Waals surface area (Å²) in [5.74, 6) is 3.12. The molecule has 1 aliphatic heterocycles. The zero-order valence-electron chi connectivity index (χ0n) is 20.1. The zero-order valence-corrected chi connectivity index (χ0v) is 20.1. The van der Waals surface area contributed by atoms with Crippen molar-refractivity contribution in [2.45, 2.75) is 70.4 Å². The molecule has 4 rings (SSSR count). The van der Waals surface area contributed by atoms with Gasteiger partial charge in [-0.05, 0) is 86.7 Å². The summed E-state index contributed by atoms with van der Waals surface area (Å²) in [5, 5.41) is 13.7. The van der Waals surface area contributed by atoms with Gasteiger partial charge in [0.1, 0.15) is 5.75 Å². The Bertz CT molecular complexity index is 785. The lowest BCUT2D eigenvalue weighted by Gasteiger charge is -2.57. The van der Waals surface area contributed by atoms with Crippen molar-refractivity contribution in [2.75, 3.05) is 27.2 Å². The van der Waals surface area contributed by atoms with Crippen LogP contribution in [0.1, 0.15) is 57.6 Å². The van der Waals surface area contributed by atoms with Crippen LogP contribution in [0.3, 0.4) is 0 Å². The maximum absolute atomic E-state index is 10.0. The average Bonchev–Trinajstić information content (AvgIpc) is 3.54. The number of fused-ring (bicyclic) bond motifs is 3. The maximum atomic E-state index is 10.0. The topological polar surface area (TPSA) is 44.7 Å². The predicted octanol–water partition coefficient (Wildman–Crippen LogP) is 4.93. The third-order valence-corrected chi connectivity index (χ3v) is 8.87. The first kappa shape index (κ1) is 22.7. The molecule has 1 heterocycles. The van der Waals surface area contributed by atoms with E-state index in [4.69, 9.17) is 4.74 Å². The molecule has 0 spiro atoms. The summed E-state index contributed by atoms with van der Waals surface area (Å²) in [7, 11) is 3.85. The lowest BCUT2D eigenvalue weighted by Crippen LogP contribution is -2.63. The number of methoxy groups -OCH3 is 1. The van der Waals surface area contributed by atoms with Crippen LogP contribution in [0.2, 0.25) is 0 Å². The number of nitrogens with zero attached hydrogens (tertiary/aromatic N) is 1. The molecule has 2 aliphatic carbocycles. The number of nitrogens with one attached hydrogen (secondary N) is 1. The van der Waals surface area contributed by atoms with Crippen LogP contribution in [0, 0.1) is 23.7 Å². The average molecular weight is 427 g/mol. The second kappa shape index (κ2) is 9.15. The third-order valence-electron chi connectivity index (χ3n) is 8.87. The SMILES string of the molecule is CCCC(NC)C(C=CO)C12c3cc(OC)ccc3CC1CN(CC1CC1)C(C)C2C. The van der Waals surface area contributed by atoms with Crippen LogP contribution in [-0.4, -0.2) is 49.3 Å². The van der Waals surface area contributed by atoms with Gasteiger partial charge in [-0.15, -0.1) is 0 Å². The monoisotopic (exact) mass is 426 g/mol. The molecule has 0 amide bonds. The molecule has 0 bridgehead atoms. The molecule has 6 atom stereocenters. The largest absolute Gasteiger partial charge is 0.516 e. The molecule has 31 heavy (non-hydrogen) atoms. The molecule has 2 fully saturated rings. The minimum Gasteiger partial charge on any atom is -0.516 e. The van der Waals surface area contributed by atoms with E-state index >= 15 is 0 Å². The summed E-state index contributed by atoms with van der Waals surface area (Å²) in [6.45, 7) is 9.58. The number of aliphatic hydroxyl groups is 1. The van der Waals surface area contributed by atoms with Crippen molar-refractivity contribution >= 4 is 0 Å². The Morgan fingerprint density at radius 1 is 1.32 bits per heavy atom. The standard InChI is InChI=1S/C27H42N2O2/c1-6-7-26(28-4)24(12-13-30)27-18(2)19(3)29(16-20-8-9-20)17-22(27)14-21-10-11-23(31-5)15-25(21)27/h10-13,15,18-20,22,24,26,28,30H,6-9,14,16-17H2,1-5H3. The van der Waals surface area contributed by atoms with Crippen LogP contribution in [0.15, 0.2) is 30.5 Å². The number of rotatable bonds is 9. The molecule has 4 nitrogen and oxygen atoms in total. The van der Waals surface area contributed by atoms with Crippen LogP contribution in [0.5, 0.6) is 5.75 Å². The normalized spacial score (nSPS) is 32.6. The summed E-state index contributed by atoms with van der Waals surface area (Å²) in [6, 6.07) is 7.58. The first-order valence-corrected chi connectivity index (χ1v) is 12.4. The Kier molecular flexibility index (Phi) is 6.69. The summed E-state index contributed by atoms with van der Waals surface area (Å²) in [4.78, 5) is 2.78. The van der Waals surface area contributed by atoms with Crippen molar-refractivity contribution < 1.29 is 9.84 Å². The molecule has 4 heteroatoms. The van der Waals surface area contributed by atoms with Gasteiger partial charge in [-0.2, -0.15) is 0 Å². The second-order valence-electron chi connectivity index (χ2n) is 10.3. The fourth-order valence-electron chi connectivity index (χ4n) is 7.08. The fourth-order valence-corrected chi connectivity index (χ4v) is 7.08. The molecule has 2 N–H and O–H groups in total. The predicted molar refractivity (Wildman–Crippen MR) is 128 cm³/mol.